The average molecular weight is 439 g/mol. The molecule has 6 nitrogen and oxygen atoms in total. The van der Waals surface area contributed by atoms with Gasteiger partial charge >= 0.3 is 0 Å². The molecule has 0 unspecified atom stereocenters. The molecule has 1 aromatic rings. The minimum Gasteiger partial charge on any atom is -0.370 e. The number of nitro groups is 1. The van der Waals surface area contributed by atoms with Gasteiger partial charge in [-0.1, -0.05) is 30.9 Å². The Bertz CT molecular complexity index is 548. The zero-order valence-corrected chi connectivity index (χ0v) is 15.2. The average Bonchev–Trinajstić information content (AvgIpc) is 2.47. The van der Waals surface area contributed by atoms with Gasteiger partial charge in [0.15, 0.2) is 5.96 Å². The van der Waals surface area contributed by atoms with Crippen molar-refractivity contribution in [2.45, 2.75) is 44.7 Å². The minimum atomic E-state index is -0.451. The predicted molar refractivity (Wildman–Crippen MR) is 98.9 cm³/mol. The third kappa shape index (κ3) is 5.60. The van der Waals surface area contributed by atoms with E-state index in [0.717, 1.165) is 12.8 Å². The number of aliphatic imine (C=N–C) groups is 1. The van der Waals surface area contributed by atoms with Crippen LogP contribution in [0.2, 0.25) is 5.02 Å². The van der Waals surface area contributed by atoms with Gasteiger partial charge in [-0.25, -0.2) is 4.99 Å². The van der Waals surface area contributed by atoms with Crippen molar-refractivity contribution in [2.75, 3.05) is 0 Å². The van der Waals surface area contributed by atoms with E-state index in [-0.39, 0.29) is 36.2 Å². The molecular weight excluding hydrogens is 419 g/mol. The fourth-order valence-electron chi connectivity index (χ4n) is 2.47. The first kappa shape index (κ1) is 19.0. The number of nitrogens with zero attached hydrogens (tertiary/aromatic N) is 2. The van der Waals surface area contributed by atoms with Crippen molar-refractivity contribution < 1.29 is 4.92 Å². The first-order chi connectivity index (χ1) is 10.1. The molecule has 2 rings (SSSR count). The maximum atomic E-state index is 10.8. The molecule has 22 heavy (non-hydrogen) atoms. The van der Waals surface area contributed by atoms with Crippen LogP contribution in [0, 0.1) is 10.1 Å². The van der Waals surface area contributed by atoms with Crippen LogP contribution >= 0.6 is 35.6 Å². The van der Waals surface area contributed by atoms with E-state index in [0.29, 0.717) is 22.6 Å². The molecular formula is C14H20ClIN4O2. The van der Waals surface area contributed by atoms with Crippen LogP contribution in [0.1, 0.15) is 37.7 Å². The molecule has 0 heterocycles. The lowest BCUT2D eigenvalue weighted by Gasteiger charge is -2.23. The highest BCUT2D eigenvalue weighted by Gasteiger charge is 2.14. The molecule has 0 radical (unpaired) electrons. The van der Waals surface area contributed by atoms with Gasteiger partial charge in [0.25, 0.3) is 5.69 Å². The Labute approximate surface area is 151 Å². The second-order valence-electron chi connectivity index (χ2n) is 5.21. The SMILES string of the molecule is I.NC(=NCc1cc([N+](=O)[O-])ccc1Cl)NC1CCCCC1. The molecule has 122 valence electrons. The lowest BCUT2D eigenvalue weighted by atomic mass is 9.96. The number of benzene rings is 1. The van der Waals surface area contributed by atoms with Crippen molar-refractivity contribution in [3.8, 4) is 0 Å². The highest BCUT2D eigenvalue weighted by molar-refractivity contribution is 14.0. The highest BCUT2D eigenvalue weighted by atomic mass is 127. The molecule has 8 heteroatoms. The molecule has 1 fully saturated rings. The van der Waals surface area contributed by atoms with Crippen LogP contribution in [0.15, 0.2) is 23.2 Å². The molecule has 0 bridgehead atoms. The van der Waals surface area contributed by atoms with Gasteiger partial charge in [0.05, 0.1) is 11.5 Å². The summed E-state index contributed by atoms with van der Waals surface area (Å²) >= 11 is 6.02. The lowest BCUT2D eigenvalue weighted by molar-refractivity contribution is -0.384. The summed E-state index contributed by atoms with van der Waals surface area (Å²) in [6.07, 6.45) is 5.91. The maximum Gasteiger partial charge on any atom is 0.269 e. The quantitative estimate of drug-likeness (QED) is 0.247. The number of hydrogen-bond donors (Lipinski definition) is 2. The summed E-state index contributed by atoms with van der Waals surface area (Å²) < 4.78 is 0. The zero-order chi connectivity index (χ0) is 15.2. The number of rotatable bonds is 4. The number of hydrogen-bond acceptors (Lipinski definition) is 3. The van der Waals surface area contributed by atoms with Crippen molar-refractivity contribution in [2.24, 2.45) is 10.7 Å². The van der Waals surface area contributed by atoms with Crippen molar-refractivity contribution >= 4 is 47.2 Å². The fraction of sp³-hybridized carbons (Fsp3) is 0.500. The summed E-state index contributed by atoms with van der Waals surface area (Å²) in [5, 5.41) is 14.4. The van der Waals surface area contributed by atoms with Gasteiger partial charge in [-0.15, -0.1) is 24.0 Å². The standard InChI is InChI=1S/C14H19ClN4O2.HI/c15-13-7-6-12(19(20)21)8-10(13)9-17-14(16)18-11-4-2-1-3-5-11;/h6-8,11H,1-5,9H2,(H3,16,17,18);1H. The van der Waals surface area contributed by atoms with Crippen LogP contribution in [0.4, 0.5) is 5.69 Å². The van der Waals surface area contributed by atoms with Crippen LogP contribution in [0.3, 0.4) is 0 Å². The summed E-state index contributed by atoms with van der Waals surface area (Å²) in [6, 6.07) is 4.69. The van der Waals surface area contributed by atoms with Crippen molar-refractivity contribution in [1.82, 2.24) is 5.32 Å². The van der Waals surface area contributed by atoms with E-state index in [1.165, 1.54) is 37.5 Å². The summed E-state index contributed by atoms with van der Waals surface area (Å²) in [5.74, 6) is 0.365. The third-order valence-corrected chi connectivity index (χ3v) is 3.99. The normalized spacial score (nSPS) is 16.0. The van der Waals surface area contributed by atoms with Gasteiger partial charge in [0.1, 0.15) is 0 Å². The minimum absolute atomic E-state index is 0. The second kappa shape index (κ2) is 9.14. The summed E-state index contributed by atoms with van der Waals surface area (Å²) in [6.45, 7) is 0.228. The molecule has 0 aliphatic heterocycles. The third-order valence-electron chi connectivity index (χ3n) is 3.62. The van der Waals surface area contributed by atoms with Crippen LogP contribution < -0.4 is 11.1 Å². The molecule has 0 aromatic heterocycles. The summed E-state index contributed by atoms with van der Waals surface area (Å²) in [5.41, 5.74) is 6.46. The largest absolute Gasteiger partial charge is 0.370 e. The van der Waals surface area contributed by atoms with E-state index >= 15 is 0 Å². The molecule has 1 saturated carbocycles. The first-order valence-corrected chi connectivity index (χ1v) is 7.43. The van der Waals surface area contributed by atoms with E-state index < -0.39 is 4.92 Å². The van der Waals surface area contributed by atoms with E-state index in [4.69, 9.17) is 17.3 Å². The summed E-state index contributed by atoms with van der Waals surface area (Å²) in [4.78, 5) is 14.5. The molecule has 1 aliphatic carbocycles. The number of nitrogens with two attached hydrogens (primary N) is 1. The van der Waals surface area contributed by atoms with E-state index in [1.807, 2.05) is 0 Å². The van der Waals surface area contributed by atoms with Crippen molar-refractivity contribution in [1.29, 1.82) is 0 Å². The Morgan fingerprint density at radius 1 is 1.41 bits per heavy atom. The fourth-order valence-corrected chi connectivity index (χ4v) is 2.65. The molecule has 0 spiro atoms. The number of nitrogens with one attached hydrogen (secondary N) is 1. The van der Waals surface area contributed by atoms with Crippen LogP contribution in [-0.2, 0) is 6.54 Å². The first-order valence-electron chi connectivity index (χ1n) is 7.05. The van der Waals surface area contributed by atoms with Gasteiger partial charge in [0.2, 0.25) is 0 Å². The van der Waals surface area contributed by atoms with Gasteiger partial charge in [-0.05, 0) is 24.5 Å². The molecule has 3 N–H and O–H groups in total. The maximum absolute atomic E-state index is 10.8. The Kier molecular flexibility index (Phi) is 7.88. The highest BCUT2D eigenvalue weighted by Crippen LogP contribution is 2.22. The molecule has 0 atom stereocenters. The topological polar surface area (TPSA) is 93.5 Å². The summed E-state index contributed by atoms with van der Waals surface area (Å²) in [7, 11) is 0. The van der Waals surface area contributed by atoms with Crippen LogP contribution in [0.25, 0.3) is 0 Å². The van der Waals surface area contributed by atoms with Gasteiger partial charge < -0.3 is 11.1 Å². The molecule has 0 amide bonds. The Morgan fingerprint density at radius 3 is 2.73 bits per heavy atom. The predicted octanol–water partition coefficient (Wildman–Crippen LogP) is 3.60. The number of halogens is 2. The van der Waals surface area contributed by atoms with Gasteiger partial charge in [-0.2, -0.15) is 0 Å². The molecule has 1 aliphatic rings. The monoisotopic (exact) mass is 438 g/mol. The van der Waals surface area contributed by atoms with E-state index in [9.17, 15) is 10.1 Å². The zero-order valence-electron chi connectivity index (χ0n) is 12.1. The van der Waals surface area contributed by atoms with Gasteiger partial charge in [0, 0.05) is 23.2 Å². The van der Waals surface area contributed by atoms with Crippen LogP contribution in [-0.4, -0.2) is 16.9 Å². The molecule has 1 aromatic carbocycles. The molecule has 0 saturated heterocycles. The Hall–Kier alpha value is -1.09. The van der Waals surface area contributed by atoms with E-state index in [1.54, 1.807) is 0 Å². The Morgan fingerprint density at radius 2 is 2.09 bits per heavy atom. The Balaban J connectivity index is 0.00000242. The number of non-ortho nitro benzene ring substituents is 1. The van der Waals surface area contributed by atoms with Gasteiger partial charge in [-0.3, -0.25) is 10.1 Å². The van der Waals surface area contributed by atoms with Crippen molar-refractivity contribution in [3.05, 3.63) is 38.9 Å². The van der Waals surface area contributed by atoms with E-state index in [2.05, 4.69) is 10.3 Å². The lowest BCUT2D eigenvalue weighted by Crippen LogP contribution is -2.41. The van der Waals surface area contributed by atoms with Crippen LogP contribution in [0.5, 0.6) is 0 Å². The van der Waals surface area contributed by atoms with Crippen molar-refractivity contribution in [3.63, 3.8) is 0 Å². The number of guanidine groups is 1. The second-order valence-corrected chi connectivity index (χ2v) is 5.62. The number of nitro benzene ring substituents is 1. The smallest absolute Gasteiger partial charge is 0.269 e.